The third-order valence-corrected chi connectivity index (χ3v) is 2.25. The highest BCUT2D eigenvalue weighted by Gasteiger charge is 2.28. The Hall–Kier alpha value is -2.12. The van der Waals surface area contributed by atoms with Crippen LogP contribution < -0.4 is 16.0 Å². The molecular formula is C10H12N4O3. The van der Waals surface area contributed by atoms with Gasteiger partial charge in [0.25, 0.3) is 5.96 Å². The second-order valence-corrected chi connectivity index (χ2v) is 3.67. The van der Waals surface area contributed by atoms with Crippen LogP contribution in [-0.4, -0.2) is 11.9 Å². The number of carbonyl (C=O) groups excluding carboxylic acids is 1. The average molecular weight is 236 g/mol. The molecule has 0 fully saturated rings. The molecule has 0 radical (unpaired) electrons. The molecule has 1 aliphatic heterocycles. The van der Waals surface area contributed by atoms with Crippen molar-refractivity contribution in [2.24, 2.45) is 10.8 Å². The summed E-state index contributed by atoms with van der Waals surface area (Å²) in [5, 5.41) is 15.9. The van der Waals surface area contributed by atoms with Gasteiger partial charge in [-0.15, -0.1) is 5.06 Å². The van der Waals surface area contributed by atoms with Crippen molar-refractivity contribution in [3.63, 3.8) is 0 Å². The normalized spacial score (nSPS) is 18.4. The van der Waals surface area contributed by atoms with E-state index in [1.165, 1.54) is 6.92 Å². The summed E-state index contributed by atoms with van der Waals surface area (Å²) in [5.41, 5.74) is 7.24. The Morgan fingerprint density at radius 2 is 2.29 bits per heavy atom. The van der Waals surface area contributed by atoms with Crippen molar-refractivity contribution in [1.29, 1.82) is 0 Å². The van der Waals surface area contributed by atoms with Crippen molar-refractivity contribution in [1.82, 2.24) is 0 Å². The second kappa shape index (κ2) is 4.04. The minimum Gasteiger partial charge on any atom is -0.601 e. The predicted octanol–water partition coefficient (Wildman–Crippen LogP) is -0.463. The molecule has 0 aromatic heterocycles. The van der Waals surface area contributed by atoms with Gasteiger partial charge < -0.3 is 15.8 Å². The minimum absolute atomic E-state index is 0.151. The number of anilines is 1. The first-order valence-electron chi connectivity index (χ1n) is 4.97. The number of rotatable bonds is 1. The molecule has 90 valence electrons. The largest absolute Gasteiger partial charge is 0.601 e. The molecule has 1 aliphatic rings. The van der Waals surface area contributed by atoms with Gasteiger partial charge in [-0.2, -0.15) is 0 Å². The predicted molar refractivity (Wildman–Crippen MR) is 61.0 cm³/mol. The van der Waals surface area contributed by atoms with Crippen LogP contribution in [0, 0.1) is 12.1 Å². The number of benzene rings is 1. The monoisotopic (exact) mass is 236 g/mol. The van der Waals surface area contributed by atoms with E-state index in [2.05, 4.69) is 5.10 Å². The van der Waals surface area contributed by atoms with Crippen LogP contribution in [0.5, 0.6) is 0 Å². The fraction of sp³-hybridized carbons (Fsp3) is 0.200. The fourth-order valence-corrected chi connectivity index (χ4v) is 1.56. The molecule has 1 aromatic carbocycles. The van der Waals surface area contributed by atoms with Gasteiger partial charge >= 0.3 is 5.97 Å². The summed E-state index contributed by atoms with van der Waals surface area (Å²) in [6.45, 7) is 3.10. The highest BCUT2D eigenvalue weighted by molar-refractivity contribution is 5.97. The second-order valence-electron chi connectivity index (χ2n) is 3.67. The number of hydrogen-bond acceptors (Lipinski definition) is 6. The van der Waals surface area contributed by atoms with Gasteiger partial charge in [-0.05, 0) is 23.7 Å². The molecule has 2 rings (SSSR count). The molecule has 1 unspecified atom stereocenters. The van der Waals surface area contributed by atoms with Crippen molar-refractivity contribution in [3.05, 3.63) is 29.0 Å². The Bertz CT molecular complexity index is 500. The molecule has 0 saturated heterocycles. The van der Waals surface area contributed by atoms with Gasteiger partial charge in [0.05, 0.1) is 0 Å². The molecule has 17 heavy (non-hydrogen) atoms. The van der Waals surface area contributed by atoms with Gasteiger partial charge in [0.1, 0.15) is 5.69 Å². The smallest absolute Gasteiger partial charge is 0.330 e. The van der Waals surface area contributed by atoms with E-state index in [-0.39, 0.29) is 5.96 Å². The maximum Gasteiger partial charge on any atom is 0.330 e. The fourth-order valence-electron chi connectivity index (χ4n) is 1.56. The van der Waals surface area contributed by atoms with Gasteiger partial charge in [0.2, 0.25) is 0 Å². The van der Waals surface area contributed by atoms with Crippen molar-refractivity contribution in [2.45, 2.75) is 13.8 Å². The zero-order valence-electron chi connectivity index (χ0n) is 9.43. The van der Waals surface area contributed by atoms with Crippen molar-refractivity contribution >= 4 is 23.3 Å². The first kappa shape index (κ1) is 11.4. The number of guanidine groups is 1. The number of aryl methyl sites for hydroxylation is 1. The number of hydroxylamine groups is 1. The Balaban J connectivity index is 2.48. The van der Waals surface area contributed by atoms with Crippen LogP contribution in [0.3, 0.4) is 0 Å². The molecule has 0 saturated carbocycles. The molecular weight excluding hydrogens is 224 g/mol. The number of quaternary nitrogens is 1. The molecule has 0 spiro atoms. The molecule has 1 atom stereocenters. The SMILES string of the molecule is CC(=O)ON1C(N)=N[NH+]([O-])c2cc(C)ccc21. The maximum atomic E-state index is 11.6. The van der Waals surface area contributed by atoms with Crippen LogP contribution in [0.4, 0.5) is 11.4 Å². The van der Waals surface area contributed by atoms with Gasteiger partial charge in [-0.25, -0.2) is 9.97 Å². The number of fused-ring (bicyclic) bond motifs is 1. The van der Waals surface area contributed by atoms with E-state index in [4.69, 9.17) is 10.6 Å². The van der Waals surface area contributed by atoms with Gasteiger partial charge in [0.15, 0.2) is 5.69 Å². The highest BCUT2D eigenvalue weighted by Crippen LogP contribution is 2.26. The summed E-state index contributed by atoms with van der Waals surface area (Å²) in [4.78, 5) is 15.9. The van der Waals surface area contributed by atoms with E-state index in [1.807, 2.05) is 6.92 Å². The van der Waals surface area contributed by atoms with Crippen LogP contribution >= 0.6 is 0 Å². The molecule has 1 aromatic rings. The van der Waals surface area contributed by atoms with Crippen LogP contribution in [0.1, 0.15) is 12.5 Å². The van der Waals surface area contributed by atoms with E-state index >= 15 is 0 Å². The number of nitrogens with one attached hydrogen (secondary N) is 1. The zero-order chi connectivity index (χ0) is 12.6. The van der Waals surface area contributed by atoms with E-state index in [0.717, 1.165) is 10.6 Å². The van der Waals surface area contributed by atoms with Gasteiger partial charge in [-0.3, -0.25) is 0 Å². The maximum absolute atomic E-state index is 11.6. The molecule has 7 heteroatoms. The van der Waals surface area contributed by atoms with Crippen molar-refractivity contribution in [2.75, 3.05) is 5.06 Å². The van der Waals surface area contributed by atoms with E-state index in [0.29, 0.717) is 11.4 Å². The Morgan fingerprint density at radius 1 is 1.59 bits per heavy atom. The lowest BCUT2D eigenvalue weighted by Crippen LogP contribution is -2.98. The quantitative estimate of drug-likeness (QED) is 0.643. The zero-order valence-corrected chi connectivity index (χ0v) is 9.43. The minimum atomic E-state index is -0.538. The topological polar surface area (TPSA) is 95.4 Å². The number of hydrogen-bond donors (Lipinski definition) is 2. The first-order chi connectivity index (χ1) is 7.99. The third-order valence-electron chi connectivity index (χ3n) is 2.25. The molecule has 1 heterocycles. The van der Waals surface area contributed by atoms with E-state index < -0.39 is 11.1 Å². The summed E-state index contributed by atoms with van der Waals surface area (Å²) in [5.74, 6) is -0.689. The molecule has 7 nitrogen and oxygen atoms in total. The Labute approximate surface area is 97.6 Å². The van der Waals surface area contributed by atoms with Crippen molar-refractivity contribution in [3.8, 4) is 0 Å². The van der Waals surface area contributed by atoms with Crippen LogP contribution in [0.2, 0.25) is 0 Å². The van der Waals surface area contributed by atoms with Crippen LogP contribution in [0.25, 0.3) is 0 Å². The summed E-state index contributed by atoms with van der Waals surface area (Å²) < 4.78 is 0. The summed E-state index contributed by atoms with van der Waals surface area (Å²) in [7, 11) is 0. The number of nitrogens with two attached hydrogens (primary N) is 1. The number of nitrogens with zero attached hydrogens (tertiary/aromatic N) is 2. The van der Waals surface area contributed by atoms with Gasteiger partial charge in [0, 0.05) is 13.0 Å². The average Bonchev–Trinajstić information content (AvgIpc) is 2.24. The number of carbonyl (C=O) groups is 1. The van der Waals surface area contributed by atoms with Crippen LogP contribution in [0.15, 0.2) is 23.3 Å². The van der Waals surface area contributed by atoms with E-state index in [1.54, 1.807) is 18.2 Å². The standard InChI is InChI=1S/C10H12N4O3/c1-6-3-4-8-9(5-6)14(16)12-10(11)13(8)17-7(2)15/h3-5,14H,1-2H3,(H2,11,12). The van der Waals surface area contributed by atoms with E-state index in [9.17, 15) is 10.0 Å². The van der Waals surface area contributed by atoms with Crippen molar-refractivity contribution < 1.29 is 14.8 Å². The lowest BCUT2D eigenvalue weighted by atomic mass is 10.2. The third kappa shape index (κ3) is 2.05. The Morgan fingerprint density at radius 3 is 2.94 bits per heavy atom. The van der Waals surface area contributed by atoms with Crippen LogP contribution in [-0.2, 0) is 9.63 Å². The Kier molecular flexibility index (Phi) is 2.70. The van der Waals surface area contributed by atoms with Gasteiger partial charge in [-0.1, -0.05) is 6.07 Å². The summed E-state index contributed by atoms with van der Waals surface area (Å²) in [6.07, 6.45) is 0. The molecule has 0 bridgehead atoms. The molecule has 0 amide bonds. The molecule has 3 N–H and O–H groups in total. The lowest BCUT2D eigenvalue weighted by molar-refractivity contribution is -0.784. The molecule has 0 aliphatic carbocycles. The first-order valence-corrected chi connectivity index (χ1v) is 4.97. The lowest BCUT2D eigenvalue weighted by Gasteiger charge is -2.29. The summed E-state index contributed by atoms with van der Waals surface area (Å²) >= 11 is 0. The highest BCUT2D eigenvalue weighted by atomic mass is 16.7. The summed E-state index contributed by atoms with van der Waals surface area (Å²) in [6, 6.07) is 5.12.